The summed E-state index contributed by atoms with van der Waals surface area (Å²) >= 11 is 10.5. The molecule has 1 aliphatic heterocycles. The van der Waals surface area contributed by atoms with Gasteiger partial charge in [-0.05, 0) is 0 Å². The van der Waals surface area contributed by atoms with Gasteiger partial charge in [-0.25, -0.2) is 4.99 Å². The van der Waals surface area contributed by atoms with Gasteiger partial charge < -0.3 is 0 Å². The molecule has 0 amide bonds. The molecule has 0 aromatic carbocycles. The normalized spacial score (nSPS) is 24.2. The van der Waals surface area contributed by atoms with E-state index in [1.807, 2.05) is 0 Å². The van der Waals surface area contributed by atoms with Crippen LogP contribution in [0.2, 0.25) is 0 Å². The molecule has 0 N–H and O–H groups in total. The molecular formula is C5H3Cl2F3N2. The molecule has 0 radical (unpaired) electrons. The summed E-state index contributed by atoms with van der Waals surface area (Å²) in [6.07, 6.45) is -2.98. The van der Waals surface area contributed by atoms with Crippen LogP contribution in [-0.2, 0) is 0 Å². The predicted molar refractivity (Wildman–Crippen MR) is 40.0 cm³/mol. The minimum atomic E-state index is -4.53. The topological polar surface area (TPSA) is 15.6 Å². The van der Waals surface area contributed by atoms with Crippen molar-refractivity contribution in [1.29, 1.82) is 0 Å². The summed E-state index contributed by atoms with van der Waals surface area (Å²) in [5.74, 6) is 0. The highest BCUT2D eigenvalue weighted by Crippen LogP contribution is 2.28. The second-order valence-electron chi connectivity index (χ2n) is 1.98. The van der Waals surface area contributed by atoms with Crippen LogP contribution in [0.3, 0.4) is 0 Å². The van der Waals surface area contributed by atoms with Crippen molar-refractivity contribution in [2.24, 2.45) is 4.99 Å². The Kier molecular flexibility index (Phi) is 2.53. The Bertz CT molecular complexity index is 235. The van der Waals surface area contributed by atoms with Gasteiger partial charge >= 0.3 is 6.30 Å². The summed E-state index contributed by atoms with van der Waals surface area (Å²) in [6, 6.07) is 0. The zero-order valence-electron chi connectivity index (χ0n) is 5.52. The molecule has 0 saturated heterocycles. The van der Waals surface area contributed by atoms with Crippen LogP contribution in [-0.4, -0.2) is 22.9 Å². The van der Waals surface area contributed by atoms with E-state index in [2.05, 4.69) is 4.99 Å². The van der Waals surface area contributed by atoms with Crippen LogP contribution in [0.4, 0.5) is 13.2 Å². The van der Waals surface area contributed by atoms with Gasteiger partial charge in [0.05, 0.1) is 0 Å². The van der Waals surface area contributed by atoms with Gasteiger partial charge in [-0.2, -0.15) is 13.2 Å². The first-order valence-electron chi connectivity index (χ1n) is 2.82. The molecule has 2 nitrogen and oxygen atoms in total. The van der Waals surface area contributed by atoms with E-state index in [-0.39, 0.29) is 10.1 Å². The molecule has 1 rings (SSSR count). The number of hydrogen-bond acceptors (Lipinski definition) is 2. The standard InChI is InChI=1S/C5H3Cl2F3N2/c6-3-2-12(5(8,9)10)4(7)1-11-3/h1-2,4H. The van der Waals surface area contributed by atoms with Gasteiger partial charge in [0.1, 0.15) is 10.7 Å². The number of halogens is 5. The first-order valence-corrected chi connectivity index (χ1v) is 3.63. The molecule has 12 heavy (non-hydrogen) atoms. The van der Waals surface area contributed by atoms with Crippen LogP contribution >= 0.6 is 23.2 Å². The summed E-state index contributed by atoms with van der Waals surface area (Å²) in [4.78, 5) is 3.36. The lowest BCUT2D eigenvalue weighted by atomic mass is 10.5. The molecular weight excluding hydrogens is 216 g/mol. The zero-order valence-corrected chi connectivity index (χ0v) is 7.03. The van der Waals surface area contributed by atoms with Crippen molar-refractivity contribution in [2.45, 2.75) is 11.8 Å². The number of hydrogen-bond donors (Lipinski definition) is 0. The Morgan fingerprint density at radius 2 is 2.08 bits per heavy atom. The van der Waals surface area contributed by atoms with Gasteiger partial charge in [-0.1, -0.05) is 23.2 Å². The average Bonchev–Trinajstić information content (AvgIpc) is 1.92. The molecule has 1 unspecified atom stereocenters. The van der Waals surface area contributed by atoms with Crippen molar-refractivity contribution >= 4 is 29.4 Å². The van der Waals surface area contributed by atoms with Crippen molar-refractivity contribution in [2.75, 3.05) is 0 Å². The highest BCUT2D eigenvalue weighted by molar-refractivity contribution is 6.32. The maximum atomic E-state index is 12.0. The van der Waals surface area contributed by atoms with E-state index in [0.717, 1.165) is 6.21 Å². The largest absolute Gasteiger partial charge is 0.486 e. The molecule has 0 fully saturated rings. The van der Waals surface area contributed by atoms with Crippen molar-refractivity contribution < 1.29 is 13.2 Å². The van der Waals surface area contributed by atoms with Gasteiger partial charge in [0.15, 0.2) is 0 Å². The molecule has 0 aromatic heterocycles. The Hall–Kier alpha value is -0.420. The SMILES string of the molecule is FC(F)(F)N1C=C(Cl)N=CC1Cl. The van der Waals surface area contributed by atoms with E-state index in [0.29, 0.717) is 6.20 Å². The molecule has 1 aliphatic rings. The molecule has 0 spiro atoms. The molecule has 0 aliphatic carbocycles. The van der Waals surface area contributed by atoms with E-state index >= 15 is 0 Å². The third-order valence-electron chi connectivity index (χ3n) is 1.13. The van der Waals surface area contributed by atoms with Crippen LogP contribution in [0.5, 0.6) is 0 Å². The second kappa shape index (κ2) is 3.14. The lowest BCUT2D eigenvalue weighted by Crippen LogP contribution is -2.41. The fourth-order valence-corrected chi connectivity index (χ4v) is 1.02. The summed E-state index contributed by atoms with van der Waals surface area (Å²) in [5.41, 5.74) is -1.33. The van der Waals surface area contributed by atoms with Gasteiger partial charge in [0.2, 0.25) is 0 Å². The molecule has 1 heterocycles. The molecule has 68 valence electrons. The quantitative estimate of drug-likeness (QED) is 0.451. The van der Waals surface area contributed by atoms with E-state index in [4.69, 9.17) is 23.2 Å². The van der Waals surface area contributed by atoms with Crippen LogP contribution in [0.1, 0.15) is 0 Å². The fourth-order valence-electron chi connectivity index (χ4n) is 0.637. The smallest absolute Gasteiger partial charge is 0.266 e. The van der Waals surface area contributed by atoms with Crippen LogP contribution < -0.4 is 0 Å². The van der Waals surface area contributed by atoms with Gasteiger partial charge in [-0.3, -0.25) is 4.90 Å². The van der Waals surface area contributed by atoms with Crippen LogP contribution in [0, 0.1) is 0 Å². The highest BCUT2D eigenvalue weighted by atomic mass is 35.5. The summed E-state index contributed by atoms with van der Waals surface area (Å²) in [7, 11) is 0. The molecule has 1 atom stereocenters. The second-order valence-corrected chi connectivity index (χ2v) is 2.81. The third kappa shape index (κ3) is 2.04. The van der Waals surface area contributed by atoms with Crippen molar-refractivity contribution in [3.05, 3.63) is 11.4 Å². The maximum Gasteiger partial charge on any atom is 0.486 e. The number of nitrogens with zero attached hydrogens (tertiary/aromatic N) is 2. The Labute approximate surface area is 76.3 Å². The highest BCUT2D eigenvalue weighted by Gasteiger charge is 2.40. The lowest BCUT2D eigenvalue weighted by molar-refractivity contribution is -0.226. The lowest BCUT2D eigenvalue weighted by Gasteiger charge is -2.27. The number of rotatable bonds is 0. The third-order valence-corrected chi connectivity index (χ3v) is 1.64. The molecule has 0 saturated carbocycles. The van der Waals surface area contributed by atoms with E-state index in [1.165, 1.54) is 0 Å². The Morgan fingerprint density at radius 3 is 2.50 bits per heavy atom. The predicted octanol–water partition coefficient (Wildman–Crippen LogP) is 2.50. The van der Waals surface area contributed by atoms with Gasteiger partial charge in [-0.15, -0.1) is 0 Å². The van der Waals surface area contributed by atoms with Crippen LogP contribution in [0.15, 0.2) is 16.3 Å². The molecule has 7 heteroatoms. The molecule has 0 aromatic rings. The summed E-state index contributed by atoms with van der Waals surface area (Å²) < 4.78 is 36.1. The molecule has 0 bridgehead atoms. The van der Waals surface area contributed by atoms with E-state index < -0.39 is 11.8 Å². The number of alkyl halides is 4. The van der Waals surface area contributed by atoms with Gasteiger partial charge in [0, 0.05) is 12.4 Å². The summed E-state index contributed by atoms with van der Waals surface area (Å²) in [6.45, 7) is 0. The van der Waals surface area contributed by atoms with Crippen LogP contribution in [0.25, 0.3) is 0 Å². The number of aliphatic imine (C=N–C) groups is 1. The minimum absolute atomic E-state index is 0.0378. The Balaban J connectivity index is 2.85. The van der Waals surface area contributed by atoms with E-state index in [1.54, 1.807) is 0 Å². The average molecular weight is 219 g/mol. The fraction of sp³-hybridized carbons (Fsp3) is 0.400. The van der Waals surface area contributed by atoms with Crippen molar-refractivity contribution in [1.82, 2.24) is 4.90 Å². The monoisotopic (exact) mass is 218 g/mol. The zero-order chi connectivity index (χ0) is 9.35. The first-order chi connectivity index (χ1) is 5.41. The maximum absolute atomic E-state index is 12.0. The Morgan fingerprint density at radius 1 is 1.50 bits per heavy atom. The first kappa shape index (κ1) is 9.67. The summed E-state index contributed by atoms with van der Waals surface area (Å²) in [5, 5.41) is -0.246. The van der Waals surface area contributed by atoms with E-state index in [9.17, 15) is 13.2 Å². The van der Waals surface area contributed by atoms with Crippen molar-refractivity contribution in [3.63, 3.8) is 0 Å². The van der Waals surface area contributed by atoms with Crippen molar-refractivity contribution in [3.8, 4) is 0 Å². The van der Waals surface area contributed by atoms with Gasteiger partial charge in [0.25, 0.3) is 0 Å². The minimum Gasteiger partial charge on any atom is -0.266 e.